The van der Waals surface area contributed by atoms with Crippen molar-refractivity contribution in [3.05, 3.63) is 33.4 Å². The summed E-state index contributed by atoms with van der Waals surface area (Å²) >= 11 is 5.19. The third kappa shape index (κ3) is 2.10. The third-order valence-corrected chi connectivity index (χ3v) is 2.04. The molecule has 0 fully saturated rings. The lowest BCUT2D eigenvalue weighted by Crippen LogP contribution is -2.00. The zero-order valence-electron chi connectivity index (χ0n) is 8.06. The number of ether oxygens (including phenoxy) is 1. The molecule has 0 aromatic heterocycles. The second-order valence-electron chi connectivity index (χ2n) is 2.72. The van der Waals surface area contributed by atoms with Gasteiger partial charge in [0.2, 0.25) is 5.75 Å². The number of hydrogen-bond donors (Lipinski definition) is 0. The van der Waals surface area contributed by atoms with Gasteiger partial charge in [0.25, 0.3) is 5.24 Å². The van der Waals surface area contributed by atoms with Crippen molar-refractivity contribution >= 4 is 22.5 Å². The number of hydrogen-bond acceptors (Lipinski definition) is 5. The minimum atomic E-state index is -0.873. The summed E-state index contributed by atoms with van der Waals surface area (Å²) in [7, 11) is 1.20. The SMILES string of the molecule is COc1c(C#N)cc(C(=O)Cl)cc1[N+](=O)[O-]. The Morgan fingerprint density at radius 3 is 2.62 bits per heavy atom. The molecule has 0 radical (unpaired) electrons. The largest absolute Gasteiger partial charge is 0.489 e. The van der Waals surface area contributed by atoms with Crippen molar-refractivity contribution in [1.29, 1.82) is 5.26 Å². The van der Waals surface area contributed by atoms with Crippen molar-refractivity contribution in [3.63, 3.8) is 0 Å². The fraction of sp³-hybridized carbons (Fsp3) is 0.111. The van der Waals surface area contributed by atoms with Crippen LogP contribution in [0.5, 0.6) is 5.75 Å². The first-order valence-electron chi connectivity index (χ1n) is 3.97. The van der Waals surface area contributed by atoms with Gasteiger partial charge in [-0.2, -0.15) is 5.26 Å². The van der Waals surface area contributed by atoms with Gasteiger partial charge < -0.3 is 4.74 Å². The molecule has 0 aliphatic rings. The first kappa shape index (κ1) is 11.9. The summed E-state index contributed by atoms with van der Waals surface area (Å²) in [6.07, 6.45) is 0. The summed E-state index contributed by atoms with van der Waals surface area (Å²) in [4.78, 5) is 20.8. The Balaban J connectivity index is 3.57. The Kier molecular flexibility index (Phi) is 3.43. The van der Waals surface area contributed by atoms with Crippen molar-refractivity contribution < 1.29 is 14.5 Å². The van der Waals surface area contributed by atoms with Crippen LogP contribution in [0.25, 0.3) is 0 Å². The number of halogens is 1. The topological polar surface area (TPSA) is 93.2 Å². The van der Waals surface area contributed by atoms with E-state index in [0.29, 0.717) is 0 Å². The van der Waals surface area contributed by atoms with Crippen molar-refractivity contribution in [2.75, 3.05) is 7.11 Å². The average Bonchev–Trinajstić information content (AvgIpc) is 2.26. The van der Waals surface area contributed by atoms with E-state index in [0.717, 1.165) is 12.1 Å². The lowest BCUT2D eigenvalue weighted by Gasteiger charge is -2.04. The number of benzene rings is 1. The molecule has 0 aliphatic carbocycles. The number of nitro benzene ring substituents is 1. The first-order chi connectivity index (χ1) is 7.51. The van der Waals surface area contributed by atoms with Gasteiger partial charge in [0.15, 0.2) is 0 Å². The van der Waals surface area contributed by atoms with Crippen molar-refractivity contribution in [2.24, 2.45) is 0 Å². The van der Waals surface area contributed by atoms with E-state index in [1.165, 1.54) is 7.11 Å². The van der Waals surface area contributed by atoms with E-state index in [2.05, 4.69) is 0 Å². The summed E-state index contributed by atoms with van der Waals surface area (Å²) in [5.74, 6) is -0.186. The molecule has 7 heteroatoms. The molecule has 1 aromatic rings. The van der Waals surface area contributed by atoms with E-state index in [9.17, 15) is 14.9 Å². The van der Waals surface area contributed by atoms with Crippen molar-refractivity contribution in [3.8, 4) is 11.8 Å². The highest BCUT2D eigenvalue weighted by Gasteiger charge is 2.22. The molecule has 82 valence electrons. The molecule has 1 aromatic carbocycles. The van der Waals surface area contributed by atoms with Gasteiger partial charge in [-0.3, -0.25) is 14.9 Å². The molecular weight excluding hydrogens is 236 g/mol. The number of nitrogens with zero attached hydrogens (tertiary/aromatic N) is 2. The minimum Gasteiger partial charge on any atom is -0.489 e. The maximum Gasteiger partial charge on any atom is 0.313 e. The molecule has 0 spiro atoms. The zero-order chi connectivity index (χ0) is 12.3. The number of rotatable bonds is 3. The van der Waals surface area contributed by atoms with E-state index in [1.54, 1.807) is 6.07 Å². The van der Waals surface area contributed by atoms with Crippen LogP contribution in [0.15, 0.2) is 12.1 Å². The maximum atomic E-state index is 10.9. The van der Waals surface area contributed by atoms with Gasteiger partial charge >= 0.3 is 5.69 Å². The monoisotopic (exact) mass is 240 g/mol. The molecule has 0 saturated heterocycles. The Hall–Kier alpha value is -2.13. The predicted molar refractivity (Wildman–Crippen MR) is 54.5 cm³/mol. The minimum absolute atomic E-state index is 0.110. The van der Waals surface area contributed by atoms with Gasteiger partial charge in [-0.15, -0.1) is 0 Å². The highest BCUT2D eigenvalue weighted by molar-refractivity contribution is 6.67. The van der Waals surface area contributed by atoms with Crippen LogP contribution in [0, 0.1) is 21.4 Å². The van der Waals surface area contributed by atoms with Gasteiger partial charge in [0, 0.05) is 11.6 Å². The molecule has 0 aliphatic heterocycles. The van der Waals surface area contributed by atoms with E-state index < -0.39 is 15.9 Å². The number of nitro groups is 1. The summed E-state index contributed by atoms with van der Waals surface area (Å²) in [5.41, 5.74) is -0.697. The molecule has 0 N–H and O–H groups in total. The van der Waals surface area contributed by atoms with Crippen LogP contribution in [-0.2, 0) is 0 Å². The normalized spacial score (nSPS) is 9.31. The van der Waals surface area contributed by atoms with Crippen LogP contribution in [-0.4, -0.2) is 17.3 Å². The fourth-order valence-corrected chi connectivity index (χ4v) is 1.27. The Morgan fingerprint density at radius 2 is 2.25 bits per heavy atom. The maximum absolute atomic E-state index is 10.9. The van der Waals surface area contributed by atoms with Gasteiger partial charge in [0.05, 0.1) is 12.0 Å². The summed E-state index contributed by atoms with van der Waals surface area (Å²) in [6, 6.07) is 3.80. The molecule has 0 amide bonds. The van der Waals surface area contributed by atoms with Crippen molar-refractivity contribution in [2.45, 2.75) is 0 Å². The van der Waals surface area contributed by atoms with Crippen molar-refractivity contribution in [1.82, 2.24) is 0 Å². The van der Waals surface area contributed by atoms with Gasteiger partial charge in [0.1, 0.15) is 11.6 Å². The molecule has 0 unspecified atom stereocenters. The lowest BCUT2D eigenvalue weighted by molar-refractivity contribution is -0.385. The summed E-state index contributed by atoms with van der Waals surface area (Å²) in [6.45, 7) is 0. The molecule has 1 rings (SSSR count). The van der Waals surface area contributed by atoms with E-state index in [1.807, 2.05) is 0 Å². The van der Waals surface area contributed by atoms with Crippen LogP contribution in [0.2, 0.25) is 0 Å². The average molecular weight is 241 g/mol. The first-order valence-corrected chi connectivity index (χ1v) is 4.35. The second-order valence-corrected chi connectivity index (χ2v) is 3.06. The molecule has 16 heavy (non-hydrogen) atoms. The van der Waals surface area contributed by atoms with Gasteiger partial charge in [-0.05, 0) is 17.7 Å². The highest BCUT2D eigenvalue weighted by Crippen LogP contribution is 2.32. The smallest absolute Gasteiger partial charge is 0.313 e. The van der Waals surface area contributed by atoms with Crippen LogP contribution < -0.4 is 4.74 Å². The molecule has 0 heterocycles. The Bertz CT molecular complexity index is 507. The van der Waals surface area contributed by atoms with Crippen LogP contribution >= 0.6 is 11.6 Å². The lowest BCUT2D eigenvalue weighted by atomic mass is 10.1. The molecule has 0 atom stereocenters. The number of methoxy groups -OCH3 is 1. The predicted octanol–water partition coefficient (Wildman–Crippen LogP) is 1.85. The fourth-order valence-electron chi connectivity index (χ4n) is 1.16. The summed E-state index contributed by atoms with van der Waals surface area (Å²) < 4.78 is 4.74. The molecule has 0 saturated carbocycles. The van der Waals surface area contributed by atoms with E-state index in [-0.39, 0.29) is 16.9 Å². The van der Waals surface area contributed by atoms with Gasteiger partial charge in [-0.25, -0.2) is 0 Å². The zero-order valence-corrected chi connectivity index (χ0v) is 8.82. The van der Waals surface area contributed by atoms with Crippen LogP contribution in [0.1, 0.15) is 15.9 Å². The third-order valence-electron chi connectivity index (χ3n) is 1.82. The second kappa shape index (κ2) is 4.59. The highest BCUT2D eigenvalue weighted by atomic mass is 35.5. The number of carbonyl (C=O) groups is 1. The van der Waals surface area contributed by atoms with E-state index >= 15 is 0 Å². The Labute approximate surface area is 95.2 Å². The van der Waals surface area contributed by atoms with Crippen LogP contribution in [0.4, 0.5) is 5.69 Å². The summed E-state index contributed by atoms with van der Waals surface area (Å²) in [5, 5.41) is 18.6. The molecule has 0 bridgehead atoms. The molecule has 6 nitrogen and oxygen atoms in total. The number of nitriles is 1. The van der Waals surface area contributed by atoms with E-state index in [4.69, 9.17) is 21.6 Å². The number of carbonyl (C=O) groups excluding carboxylic acids is 1. The Morgan fingerprint density at radius 1 is 1.62 bits per heavy atom. The molecular formula is C9H5ClN2O4. The quantitative estimate of drug-likeness (QED) is 0.457. The standard InChI is InChI=1S/C9H5ClN2O4/c1-16-8-6(4-11)2-5(9(10)13)3-7(8)12(14)15/h2-3H,1H3. The van der Waals surface area contributed by atoms with Gasteiger partial charge in [-0.1, -0.05) is 0 Å². The van der Waals surface area contributed by atoms with Crippen LogP contribution in [0.3, 0.4) is 0 Å².